The van der Waals surface area contributed by atoms with Crippen LogP contribution in [0.2, 0.25) is 0 Å². The summed E-state index contributed by atoms with van der Waals surface area (Å²) in [4.78, 5) is 14.1. The van der Waals surface area contributed by atoms with E-state index in [4.69, 9.17) is 9.47 Å². The third kappa shape index (κ3) is 5.16. The summed E-state index contributed by atoms with van der Waals surface area (Å²) < 4.78 is 11.0. The molecule has 0 aromatic carbocycles. The van der Waals surface area contributed by atoms with Crippen molar-refractivity contribution >= 4 is 5.97 Å². The quantitative estimate of drug-likeness (QED) is 0.802. The molecule has 1 heterocycles. The van der Waals surface area contributed by atoms with Crippen LogP contribution in [-0.2, 0) is 14.3 Å². The van der Waals surface area contributed by atoms with E-state index in [2.05, 4.69) is 25.7 Å². The second-order valence-electron chi connectivity index (χ2n) is 8.21. The lowest BCUT2D eigenvalue weighted by Crippen LogP contribution is -2.54. The summed E-state index contributed by atoms with van der Waals surface area (Å²) >= 11 is 0. The van der Waals surface area contributed by atoms with E-state index in [1.54, 1.807) is 0 Å². The molecule has 1 N–H and O–H groups in total. The summed E-state index contributed by atoms with van der Waals surface area (Å²) in [6, 6.07) is 0. The monoisotopic (exact) mass is 327 g/mol. The maximum absolute atomic E-state index is 11.8. The number of rotatable bonds is 4. The number of ether oxygens (including phenoxy) is 2. The first-order valence-electron chi connectivity index (χ1n) is 8.96. The van der Waals surface area contributed by atoms with Gasteiger partial charge in [0.05, 0.1) is 30.8 Å². The normalized spacial score (nSPS) is 33.4. The zero-order chi connectivity index (χ0) is 17.1. The Labute approximate surface area is 140 Å². The van der Waals surface area contributed by atoms with Crippen molar-refractivity contribution < 1.29 is 19.4 Å². The highest BCUT2D eigenvalue weighted by Gasteiger charge is 2.39. The SMILES string of the molecule is CCOC(=O)C1CCC(O)(CN2CCO[C@@H](C(C)(C)C)C2)CC1. The van der Waals surface area contributed by atoms with Crippen LogP contribution < -0.4 is 0 Å². The van der Waals surface area contributed by atoms with Crippen LogP contribution in [0.1, 0.15) is 53.4 Å². The van der Waals surface area contributed by atoms with Crippen LogP contribution in [0.25, 0.3) is 0 Å². The summed E-state index contributed by atoms with van der Waals surface area (Å²) in [7, 11) is 0. The standard InChI is InChI=1S/C18H33NO4/c1-5-22-16(20)14-6-8-18(21,9-7-14)13-19-10-11-23-15(12-19)17(2,3)4/h14-15,21H,5-13H2,1-4H3/t14?,15-,18?/m1/s1. The highest BCUT2D eigenvalue weighted by Crippen LogP contribution is 2.34. The Morgan fingerprint density at radius 2 is 2.00 bits per heavy atom. The molecule has 0 aromatic heterocycles. The van der Waals surface area contributed by atoms with E-state index >= 15 is 0 Å². The molecule has 1 saturated heterocycles. The number of hydrogen-bond acceptors (Lipinski definition) is 5. The van der Waals surface area contributed by atoms with E-state index in [0.717, 1.165) is 32.5 Å². The van der Waals surface area contributed by atoms with Crippen molar-refractivity contribution in [2.75, 3.05) is 32.8 Å². The van der Waals surface area contributed by atoms with E-state index in [1.165, 1.54) is 0 Å². The van der Waals surface area contributed by atoms with Gasteiger partial charge in [0.2, 0.25) is 0 Å². The molecule has 134 valence electrons. The van der Waals surface area contributed by atoms with Crippen LogP contribution in [0, 0.1) is 11.3 Å². The number of esters is 1. The topological polar surface area (TPSA) is 59.0 Å². The van der Waals surface area contributed by atoms with Gasteiger partial charge in [0.25, 0.3) is 0 Å². The Morgan fingerprint density at radius 3 is 2.57 bits per heavy atom. The Kier molecular flexibility index (Phi) is 6.09. The van der Waals surface area contributed by atoms with Crippen LogP contribution in [-0.4, -0.2) is 60.5 Å². The number of morpholine rings is 1. The number of β-amino-alcohol motifs (C(OH)–C–C–N with tert-alkyl or cyclic N) is 1. The largest absolute Gasteiger partial charge is 0.466 e. The molecular formula is C18H33NO4. The maximum Gasteiger partial charge on any atom is 0.308 e. The molecule has 1 atom stereocenters. The first-order chi connectivity index (χ1) is 10.7. The third-order valence-corrected chi connectivity index (χ3v) is 5.17. The molecule has 0 bridgehead atoms. The third-order valence-electron chi connectivity index (χ3n) is 5.17. The number of hydrogen-bond donors (Lipinski definition) is 1. The minimum Gasteiger partial charge on any atom is -0.466 e. The summed E-state index contributed by atoms with van der Waals surface area (Å²) in [6.07, 6.45) is 3.00. The highest BCUT2D eigenvalue weighted by molar-refractivity contribution is 5.72. The Morgan fingerprint density at radius 1 is 1.35 bits per heavy atom. The molecule has 1 saturated carbocycles. The molecule has 2 rings (SSSR count). The molecule has 0 radical (unpaired) electrons. The van der Waals surface area contributed by atoms with Crippen LogP contribution in [0.5, 0.6) is 0 Å². The molecule has 5 heteroatoms. The fourth-order valence-electron chi connectivity index (χ4n) is 3.60. The van der Waals surface area contributed by atoms with Crippen molar-refractivity contribution in [2.45, 2.75) is 65.1 Å². The fourth-order valence-corrected chi connectivity index (χ4v) is 3.60. The second-order valence-corrected chi connectivity index (χ2v) is 8.21. The minimum absolute atomic E-state index is 0.0396. The van der Waals surface area contributed by atoms with Crippen molar-refractivity contribution in [2.24, 2.45) is 11.3 Å². The van der Waals surface area contributed by atoms with Gasteiger partial charge in [-0.2, -0.15) is 0 Å². The van der Waals surface area contributed by atoms with Crippen molar-refractivity contribution in [1.82, 2.24) is 4.90 Å². The average Bonchev–Trinajstić information content (AvgIpc) is 2.47. The predicted octanol–water partition coefficient (Wildman–Crippen LogP) is 2.22. The van der Waals surface area contributed by atoms with E-state index in [-0.39, 0.29) is 23.4 Å². The zero-order valence-corrected chi connectivity index (χ0v) is 15.1. The van der Waals surface area contributed by atoms with Gasteiger partial charge in [0, 0.05) is 19.6 Å². The van der Waals surface area contributed by atoms with Gasteiger partial charge < -0.3 is 14.6 Å². The first-order valence-corrected chi connectivity index (χ1v) is 8.96. The summed E-state index contributed by atoms with van der Waals surface area (Å²) in [5.41, 5.74) is -0.564. The Bertz CT molecular complexity index is 396. The summed E-state index contributed by atoms with van der Waals surface area (Å²) in [5, 5.41) is 10.9. The van der Waals surface area contributed by atoms with Gasteiger partial charge >= 0.3 is 5.97 Å². The molecule has 0 spiro atoms. The zero-order valence-electron chi connectivity index (χ0n) is 15.1. The van der Waals surface area contributed by atoms with E-state index < -0.39 is 5.60 Å². The molecule has 5 nitrogen and oxygen atoms in total. The Hall–Kier alpha value is -0.650. The average molecular weight is 327 g/mol. The number of aliphatic hydroxyl groups is 1. The number of carbonyl (C=O) groups excluding carboxylic acids is 1. The minimum atomic E-state index is -0.678. The molecule has 2 fully saturated rings. The lowest BCUT2D eigenvalue weighted by atomic mass is 9.78. The van der Waals surface area contributed by atoms with Gasteiger partial charge in [0.15, 0.2) is 0 Å². The summed E-state index contributed by atoms with van der Waals surface area (Å²) in [6.45, 7) is 12.0. The van der Waals surface area contributed by atoms with Crippen molar-refractivity contribution in [1.29, 1.82) is 0 Å². The van der Waals surface area contributed by atoms with Gasteiger partial charge in [-0.25, -0.2) is 0 Å². The van der Waals surface area contributed by atoms with Gasteiger partial charge in [-0.05, 0) is 38.0 Å². The molecule has 23 heavy (non-hydrogen) atoms. The van der Waals surface area contributed by atoms with Gasteiger partial charge in [-0.15, -0.1) is 0 Å². The molecular weight excluding hydrogens is 294 g/mol. The Balaban J connectivity index is 1.84. The maximum atomic E-state index is 11.8. The number of carbonyl (C=O) groups is 1. The van der Waals surface area contributed by atoms with Gasteiger partial charge in [-0.1, -0.05) is 20.8 Å². The van der Waals surface area contributed by atoms with Gasteiger partial charge in [0.1, 0.15) is 0 Å². The lowest BCUT2D eigenvalue weighted by molar-refractivity contribution is -0.152. The molecule has 0 aromatic rings. The molecule has 0 unspecified atom stereocenters. The van der Waals surface area contributed by atoms with Crippen LogP contribution in [0.15, 0.2) is 0 Å². The lowest BCUT2D eigenvalue weighted by Gasteiger charge is -2.44. The second kappa shape index (κ2) is 7.49. The van der Waals surface area contributed by atoms with Crippen molar-refractivity contribution in [3.8, 4) is 0 Å². The molecule has 2 aliphatic rings. The first kappa shape index (κ1) is 18.7. The van der Waals surface area contributed by atoms with E-state index in [1.807, 2.05) is 6.92 Å². The molecule has 1 aliphatic heterocycles. The van der Waals surface area contributed by atoms with Crippen LogP contribution >= 0.6 is 0 Å². The van der Waals surface area contributed by atoms with Crippen molar-refractivity contribution in [3.63, 3.8) is 0 Å². The molecule has 0 amide bonds. The molecule has 1 aliphatic carbocycles. The fraction of sp³-hybridized carbons (Fsp3) is 0.944. The smallest absolute Gasteiger partial charge is 0.308 e. The van der Waals surface area contributed by atoms with E-state index in [9.17, 15) is 9.90 Å². The van der Waals surface area contributed by atoms with Crippen molar-refractivity contribution in [3.05, 3.63) is 0 Å². The van der Waals surface area contributed by atoms with Crippen LogP contribution in [0.3, 0.4) is 0 Å². The highest BCUT2D eigenvalue weighted by atomic mass is 16.5. The van der Waals surface area contributed by atoms with Gasteiger partial charge in [-0.3, -0.25) is 9.69 Å². The predicted molar refractivity (Wildman–Crippen MR) is 89.2 cm³/mol. The number of nitrogens with zero attached hydrogens (tertiary/aromatic N) is 1. The van der Waals surface area contributed by atoms with Crippen LogP contribution in [0.4, 0.5) is 0 Å². The summed E-state index contributed by atoms with van der Waals surface area (Å²) in [5.74, 6) is -0.143. The van der Waals surface area contributed by atoms with E-state index in [0.29, 0.717) is 26.0 Å².